The van der Waals surface area contributed by atoms with Crippen molar-refractivity contribution in [2.75, 3.05) is 23.8 Å². The molecule has 2 aromatic rings. The summed E-state index contributed by atoms with van der Waals surface area (Å²) in [6.45, 7) is 3.11. The number of aliphatic hydroxyl groups is 1. The molecule has 2 unspecified atom stereocenters. The van der Waals surface area contributed by atoms with Gasteiger partial charge >= 0.3 is 0 Å². The molecule has 6 nitrogen and oxygen atoms in total. The average molecular weight is 275 g/mol. The van der Waals surface area contributed by atoms with Crippen molar-refractivity contribution in [2.24, 2.45) is 5.92 Å². The summed E-state index contributed by atoms with van der Waals surface area (Å²) in [7, 11) is 0. The van der Waals surface area contributed by atoms with Crippen LogP contribution in [0.25, 0.3) is 5.65 Å². The second kappa shape index (κ2) is 5.66. The monoisotopic (exact) mass is 275 g/mol. The quantitative estimate of drug-likeness (QED) is 0.775. The van der Waals surface area contributed by atoms with E-state index in [0.717, 1.165) is 43.1 Å². The molecule has 0 saturated heterocycles. The Morgan fingerprint density at radius 2 is 2.35 bits per heavy atom. The van der Waals surface area contributed by atoms with Crippen molar-refractivity contribution in [3.8, 4) is 0 Å². The topological polar surface area (TPSA) is 74.5 Å². The fourth-order valence-electron chi connectivity index (χ4n) is 2.92. The van der Waals surface area contributed by atoms with E-state index in [1.165, 1.54) is 0 Å². The summed E-state index contributed by atoms with van der Waals surface area (Å²) in [6.07, 6.45) is 8.93. The zero-order chi connectivity index (χ0) is 13.9. The number of nitrogens with one attached hydrogen (secondary N) is 2. The van der Waals surface area contributed by atoms with Crippen LogP contribution in [0.4, 0.5) is 11.6 Å². The smallest absolute Gasteiger partial charge is 0.180 e. The third-order valence-corrected chi connectivity index (χ3v) is 3.95. The van der Waals surface area contributed by atoms with Crippen LogP contribution in [0.3, 0.4) is 0 Å². The van der Waals surface area contributed by atoms with Crippen LogP contribution in [-0.2, 0) is 0 Å². The fraction of sp³-hybridized carbons (Fsp3) is 0.571. The van der Waals surface area contributed by atoms with E-state index in [9.17, 15) is 5.11 Å². The number of hydrogen-bond acceptors (Lipinski definition) is 5. The molecule has 0 aromatic carbocycles. The molecule has 1 aliphatic rings. The number of anilines is 2. The van der Waals surface area contributed by atoms with Gasteiger partial charge in [-0.05, 0) is 19.8 Å². The number of fused-ring (bicyclic) bond motifs is 1. The highest BCUT2D eigenvalue weighted by molar-refractivity contribution is 5.65. The summed E-state index contributed by atoms with van der Waals surface area (Å²) in [5.74, 6) is 1.94. The van der Waals surface area contributed by atoms with Gasteiger partial charge in [0.05, 0.1) is 6.20 Å². The predicted octanol–water partition coefficient (Wildman–Crippen LogP) is 1.73. The minimum absolute atomic E-state index is 0.231. The van der Waals surface area contributed by atoms with Crippen LogP contribution in [0.5, 0.6) is 0 Å². The molecule has 6 heteroatoms. The van der Waals surface area contributed by atoms with Gasteiger partial charge in [0.2, 0.25) is 0 Å². The van der Waals surface area contributed by atoms with Crippen LogP contribution in [0, 0.1) is 5.92 Å². The molecule has 3 rings (SSSR count). The molecule has 2 aromatic heterocycles. The van der Waals surface area contributed by atoms with E-state index in [-0.39, 0.29) is 12.6 Å². The van der Waals surface area contributed by atoms with Crippen LogP contribution < -0.4 is 10.6 Å². The highest BCUT2D eigenvalue weighted by atomic mass is 16.3. The van der Waals surface area contributed by atoms with E-state index < -0.39 is 0 Å². The van der Waals surface area contributed by atoms with E-state index in [1.807, 2.05) is 23.7 Å². The summed E-state index contributed by atoms with van der Waals surface area (Å²) < 4.78 is 1.97. The zero-order valence-electron chi connectivity index (χ0n) is 11.7. The Balaban J connectivity index is 1.90. The van der Waals surface area contributed by atoms with Crippen LogP contribution in [-0.4, -0.2) is 38.7 Å². The van der Waals surface area contributed by atoms with Gasteiger partial charge in [0.25, 0.3) is 0 Å². The molecule has 0 amide bonds. The Kier molecular flexibility index (Phi) is 3.73. The van der Waals surface area contributed by atoms with Gasteiger partial charge in [-0.2, -0.15) is 0 Å². The fourth-order valence-corrected chi connectivity index (χ4v) is 2.92. The standard InChI is InChI=1S/C14H21N5O/c1-2-15-12-8-19-7-6-16-14(19)13(18-12)17-11-5-3-4-10(11)9-20/h6-8,10-11,15,20H,2-5,9H2,1H3,(H,17,18). The minimum Gasteiger partial charge on any atom is -0.396 e. The molecule has 1 fully saturated rings. The van der Waals surface area contributed by atoms with Gasteiger partial charge in [0.15, 0.2) is 11.5 Å². The zero-order valence-corrected chi connectivity index (χ0v) is 11.7. The molecule has 2 atom stereocenters. The molecule has 0 radical (unpaired) electrons. The SMILES string of the molecule is CCNc1cn2ccnc2c(NC2CCCC2CO)n1. The van der Waals surface area contributed by atoms with Gasteiger partial charge in [-0.3, -0.25) is 0 Å². The summed E-state index contributed by atoms with van der Waals surface area (Å²) in [6, 6.07) is 0.282. The molecule has 0 spiro atoms. The molecule has 3 N–H and O–H groups in total. The van der Waals surface area contributed by atoms with Crippen molar-refractivity contribution >= 4 is 17.3 Å². The van der Waals surface area contributed by atoms with Crippen molar-refractivity contribution in [3.63, 3.8) is 0 Å². The lowest BCUT2D eigenvalue weighted by Gasteiger charge is -2.20. The normalized spacial score (nSPS) is 22.3. The Morgan fingerprint density at radius 1 is 1.45 bits per heavy atom. The maximum absolute atomic E-state index is 9.43. The van der Waals surface area contributed by atoms with Gasteiger partial charge in [-0.1, -0.05) is 6.42 Å². The predicted molar refractivity (Wildman–Crippen MR) is 79.0 cm³/mol. The maximum atomic E-state index is 9.43. The number of nitrogens with zero attached hydrogens (tertiary/aromatic N) is 3. The minimum atomic E-state index is 0.231. The van der Waals surface area contributed by atoms with E-state index in [1.54, 1.807) is 6.20 Å². The van der Waals surface area contributed by atoms with Crippen molar-refractivity contribution in [1.29, 1.82) is 0 Å². The van der Waals surface area contributed by atoms with Crippen molar-refractivity contribution in [2.45, 2.75) is 32.2 Å². The summed E-state index contributed by atoms with van der Waals surface area (Å²) in [4.78, 5) is 8.97. The lowest BCUT2D eigenvalue weighted by atomic mass is 10.1. The molecule has 0 aliphatic heterocycles. The number of aromatic nitrogens is 3. The Hall–Kier alpha value is -1.82. The lowest BCUT2D eigenvalue weighted by Crippen LogP contribution is -2.27. The van der Waals surface area contributed by atoms with E-state index in [0.29, 0.717) is 5.92 Å². The van der Waals surface area contributed by atoms with Crippen LogP contribution in [0.15, 0.2) is 18.6 Å². The Morgan fingerprint density at radius 3 is 3.15 bits per heavy atom. The third kappa shape index (κ3) is 2.43. The number of hydrogen-bond donors (Lipinski definition) is 3. The van der Waals surface area contributed by atoms with Gasteiger partial charge < -0.3 is 20.1 Å². The van der Waals surface area contributed by atoms with E-state index in [4.69, 9.17) is 0 Å². The summed E-state index contributed by atoms with van der Waals surface area (Å²) >= 11 is 0. The summed E-state index contributed by atoms with van der Waals surface area (Å²) in [5, 5.41) is 16.1. The van der Waals surface area contributed by atoms with Crippen molar-refractivity contribution in [1.82, 2.24) is 14.4 Å². The lowest BCUT2D eigenvalue weighted by molar-refractivity contribution is 0.222. The number of imidazole rings is 1. The second-order valence-electron chi connectivity index (χ2n) is 5.29. The summed E-state index contributed by atoms with van der Waals surface area (Å²) in [5.41, 5.74) is 0.829. The molecular weight excluding hydrogens is 254 g/mol. The van der Waals surface area contributed by atoms with Crippen molar-refractivity contribution in [3.05, 3.63) is 18.6 Å². The van der Waals surface area contributed by atoms with E-state index in [2.05, 4.69) is 20.6 Å². The highest BCUT2D eigenvalue weighted by Gasteiger charge is 2.27. The third-order valence-electron chi connectivity index (χ3n) is 3.95. The Bertz CT molecular complexity index is 582. The maximum Gasteiger partial charge on any atom is 0.180 e. The number of rotatable bonds is 5. The Labute approximate surface area is 118 Å². The van der Waals surface area contributed by atoms with Gasteiger partial charge in [0, 0.05) is 37.5 Å². The van der Waals surface area contributed by atoms with Crippen molar-refractivity contribution < 1.29 is 5.11 Å². The first kappa shape index (κ1) is 13.2. The molecule has 1 aliphatic carbocycles. The first-order valence-electron chi connectivity index (χ1n) is 7.26. The molecule has 20 heavy (non-hydrogen) atoms. The second-order valence-corrected chi connectivity index (χ2v) is 5.29. The average Bonchev–Trinajstić information content (AvgIpc) is 3.07. The molecular formula is C14H21N5O. The number of aliphatic hydroxyl groups excluding tert-OH is 1. The van der Waals surface area contributed by atoms with Gasteiger partial charge in [0.1, 0.15) is 5.82 Å². The van der Waals surface area contributed by atoms with Gasteiger partial charge in [-0.25, -0.2) is 9.97 Å². The molecule has 2 heterocycles. The highest BCUT2D eigenvalue weighted by Crippen LogP contribution is 2.29. The molecule has 1 saturated carbocycles. The molecule has 108 valence electrons. The van der Waals surface area contributed by atoms with Crippen LogP contribution in [0.1, 0.15) is 26.2 Å². The van der Waals surface area contributed by atoms with Crippen LogP contribution >= 0.6 is 0 Å². The van der Waals surface area contributed by atoms with Crippen LogP contribution in [0.2, 0.25) is 0 Å². The first-order chi connectivity index (χ1) is 9.81. The first-order valence-corrected chi connectivity index (χ1v) is 7.26. The molecule has 0 bridgehead atoms. The van der Waals surface area contributed by atoms with Gasteiger partial charge in [-0.15, -0.1) is 0 Å². The van der Waals surface area contributed by atoms with E-state index >= 15 is 0 Å². The largest absolute Gasteiger partial charge is 0.396 e.